The molecule has 0 spiro atoms. The Kier molecular flexibility index (Phi) is 4.25. The maximum Gasteiger partial charge on any atom is 0.339 e. The Morgan fingerprint density at radius 1 is 1.15 bits per heavy atom. The molecular formula is C21H18N2O4. The molecule has 6 nitrogen and oxygen atoms in total. The number of fused-ring (bicyclic) bond motifs is 3. The molecule has 1 atom stereocenters. The van der Waals surface area contributed by atoms with Crippen LogP contribution in [0.1, 0.15) is 18.1 Å². The monoisotopic (exact) mass is 362 g/mol. The first-order chi connectivity index (χ1) is 13.1. The van der Waals surface area contributed by atoms with Gasteiger partial charge in [-0.05, 0) is 24.6 Å². The number of para-hydroxylation sites is 1. The average Bonchev–Trinajstić information content (AvgIpc) is 2.68. The maximum atomic E-state index is 12.9. The molecule has 1 aromatic heterocycles. The average molecular weight is 362 g/mol. The normalized spacial score (nSPS) is 16.0. The van der Waals surface area contributed by atoms with Crippen LogP contribution >= 0.6 is 0 Å². The second kappa shape index (κ2) is 6.74. The van der Waals surface area contributed by atoms with Crippen molar-refractivity contribution in [1.82, 2.24) is 4.98 Å². The van der Waals surface area contributed by atoms with Crippen molar-refractivity contribution in [2.75, 3.05) is 6.61 Å². The molecule has 1 unspecified atom stereocenters. The Bertz CT molecular complexity index is 1120. The van der Waals surface area contributed by atoms with Crippen LogP contribution in [0, 0.1) is 0 Å². The highest BCUT2D eigenvalue weighted by atomic mass is 16.5. The van der Waals surface area contributed by atoms with Gasteiger partial charge in [-0.3, -0.25) is 10.5 Å². The largest absolute Gasteiger partial charge is 0.469 e. The molecule has 0 radical (unpaired) electrons. The fraction of sp³-hybridized carbons (Fsp3) is 0.143. The topological polar surface area (TPSA) is 94.4 Å². The van der Waals surface area contributed by atoms with Gasteiger partial charge in [-0.2, -0.15) is 0 Å². The van der Waals surface area contributed by atoms with Gasteiger partial charge in [-0.25, -0.2) is 4.79 Å². The minimum atomic E-state index is -1.04. The highest BCUT2D eigenvalue weighted by Gasteiger charge is 2.35. The predicted octanol–water partition coefficient (Wildman–Crippen LogP) is 2.57. The third-order valence-corrected chi connectivity index (χ3v) is 4.48. The SMILES string of the molecule is CCOC(=O)C1=C(c2ccccc2)c2c(c3ccccc3[nH]c2=O)OC1N. The molecule has 0 bridgehead atoms. The first kappa shape index (κ1) is 17.1. The number of aromatic nitrogens is 1. The molecule has 3 N–H and O–H groups in total. The summed E-state index contributed by atoms with van der Waals surface area (Å²) in [6.07, 6.45) is -1.04. The molecule has 1 aliphatic heterocycles. The van der Waals surface area contributed by atoms with Crippen molar-refractivity contribution in [3.63, 3.8) is 0 Å². The van der Waals surface area contributed by atoms with Gasteiger partial charge in [0.25, 0.3) is 5.56 Å². The predicted molar refractivity (Wildman–Crippen MR) is 102 cm³/mol. The zero-order chi connectivity index (χ0) is 19.0. The Labute approximate surface area is 155 Å². The van der Waals surface area contributed by atoms with Crippen LogP contribution in [0.5, 0.6) is 5.75 Å². The van der Waals surface area contributed by atoms with E-state index in [9.17, 15) is 9.59 Å². The number of H-pyrrole nitrogens is 1. The lowest BCUT2D eigenvalue weighted by molar-refractivity contribution is -0.139. The van der Waals surface area contributed by atoms with Crippen LogP contribution in [0.4, 0.5) is 0 Å². The van der Waals surface area contributed by atoms with Crippen LogP contribution in [0.3, 0.4) is 0 Å². The second-order valence-corrected chi connectivity index (χ2v) is 6.12. The Morgan fingerprint density at radius 2 is 1.85 bits per heavy atom. The molecular weight excluding hydrogens is 344 g/mol. The fourth-order valence-electron chi connectivity index (χ4n) is 3.36. The summed E-state index contributed by atoms with van der Waals surface area (Å²) in [4.78, 5) is 28.4. The number of aromatic amines is 1. The van der Waals surface area contributed by atoms with Crippen LogP contribution in [0.2, 0.25) is 0 Å². The second-order valence-electron chi connectivity index (χ2n) is 6.12. The zero-order valence-corrected chi connectivity index (χ0v) is 14.7. The lowest BCUT2D eigenvalue weighted by atomic mass is 9.89. The van der Waals surface area contributed by atoms with E-state index in [4.69, 9.17) is 15.2 Å². The number of nitrogens with one attached hydrogen (secondary N) is 1. The van der Waals surface area contributed by atoms with Crippen molar-refractivity contribution < 1.29 is 14.3 Å². The minimum Gasteiger partial charge on any atom is -0.469 e. The molecule has 136 valence electrons. The van der Waals surface area contributed by atoms with Crippen molar-refractivity contribution in [1.29, 1.82) is 0 Å². The Morgan fingerprint density at radius 3 is 2.59 bits per heavy atom. The summed E-state index contributed by atoms with van der Waals surface area (Å²) in [6.45, 7) is 1.90. The number of carbonyl (C=O) groups excluding carboxylic acids is 1. The van der Waals surface area contributed by atoms with E-state index in [1.54, 1.807) is 13.0 Å². The van der Waals surface area contributed by atoms with Crippen molar-refractivity contribution in [2.45, 2.75) is 13.2 Å². The summed E-state index contributed by atoms with van der Waals surface area (Å²) in [5, 5.41) is 0.721. The summed E-state index contributed by atoms with van der Waals surface area (Å²) >= 11 is 0. The third kappa shape index (κ3) is 2.80. The van der Waals surface area contributed by atoms with E-state index < -0.39 is 12.2 Å². The molecule has 0 saturated heterocycles. The highest BCUT2D eigenvalue weighted by molar-refractivity contribution is 6.06. The smallest absolute Gasteiger partial charge is 0.339 e. The van der Waals surface area contributed by atoms with Crippen LogP contribution in [0.15, 0.2) is 65.0 Å². The summed E-state index contributed by atoms with van der Waals surface area (Å²) in [6, 6.07) is 16.5. The lowest BCUT2D eigenvalue weighted by Crippen LogP contribution is -2.39. The number of nitrogens with two attached hydrogens (primary N) is 1. The molecule has 3 aromatic rings. The molecule has 27 heavy (non-hydrogen) atoms. The standard InChI is InChI=1S/C21H18N2O4/c1-2-26-21(25)17-15(12-8-4-3-5-9-12)16-18(27-19(17)22)13-10-6-7-11-14(13)23-20(16)24/h3-11,19H,2,22H2,1H3,(H,23,24). The quantitative estimate of drug-likeness (QED) is 0.699. The summed E-state index contributed by atoms with van der Waals surface area (Å²) < 4.78 is 11.0. The van der Waals surface area contributed by atoms with Crippen molar-refractivity contribution in [2.24, 2.45) is 5.73 Å². The van der Waals surface area contributed by atoms with E-state index >= 15 is 0 Å². The van der Waals surface area contributed by atoms with E-state index in [1.807, 2.05) is 48.5 Å². The Balaban J connectivity index is 2.11. The molecule has 4 rings (SSSR count). The van der Waals surface area contributed by atoms with E-state index in [0.29, 0.717) is 22.4 Å². The zero-order valence-electron chi connectivity index (χ0n) is 14.7. The number of esters is 1. The fourth-order valence-corrected chi connectivity index (χ4v) is 3.36. The van der Waals surface area contributed by atoms with Crippen molar-refractivity contribution >= 4 is 22.4 Å². The van der Waals surface area contributed by atoms with Crippen LogP contribution in [-0.2, 0) is 9.53 Å². The van der Waals surface area contributed by atoms with Gasteiger partial charge < -0.3 is 14.5 Å². The van der Waals surface area contributed by atoms with E-state index in [0.717, 1.165) is 5.39 Å². The van der Waals surface area contributed by atoms with Gasteiger partial charge in [-0.15, -0.1) is 0 Å². The molecule has 0 aliphatic carbocycles. The molecule has 2 heterocycles. The maximum absolute atomic E-state index is 12.9. The number of rotatable bonds is 3. The summed E-state index contributed by atoms with van der Waals surface area (Å²) in [7, 11) is 0. The van der Waals surface area contributed by atoms with Gasteiger partial charge in [-0.1, -0.05) is 42.5 Å². The first-order valence-electron chi connectivity index (χ1n) is 8.66. The van der Waals surface area contributed by atoms with Crippen LogP contribution in [0.25, 0.3) is 16.5 Å². The van der Waals surface area contributed by atoms with Crippen LogP contribution in [-0.4, -0.2) is 23.8 Å². The van der Waals surface area contributed by atoms with Gasteiger partial charge >= 0.3 is 5.97 Å². The molecule has 6 heteroatoms. The minimum absolute atomic E-state index is 0.135. The number of ether oxygens (including phenoxy) is 2. The molecule has 2 aromatic carbocycles. The van der Waals surface area contributed by atoms with Crippen LogP contribution < -0.4 is 16.0 Å². The summed E-state index contributed by atoms with van der Waals surface area (Å²) in [5.74, 6) is -0.226. The highest BCUT2D eigenvalue weighted by Crippen LogP contribution is 2.40. The number of pyridine rings is 1. The molecule has 0 saturated carbocycles. The number of hydrogen-bond donors (Lipinski definition) is 2. The van der Waals surface area contributed by atoms with Crippen molar-refractivity contribution in [3.05, 3.63) is 81.7 Å². The molecule has 0 fully saturated rings. The van der Waals surface area contributed by atoms with E-state index in [2.05, 4.69) is 4.98 Å². The van der Waals surface area contributed by atoms with E-state index in [-0.39, 0.29) is 23.3 Å². The number of benzene rings is 2. The Hall–Kier alpha value is -3.38. The number of hydrogen-bond acceptors (Lipinski definition) is 5. The summed E-state index contributed by atoms with van der Waals surface area (Å²) in [5.41, 5.74) is 8.04. The molecule has 1 aliphatic rings. The van der Waals surface area contributed by atoms with Crippen molar-refractivity contribution in [3.8, 4) is 5.75 Å². The lowest BCUT2D eigenvalue weighted by Gasteiger charge is -2.28. The van der Waals surface area contributed by atoms with Gasteiger partial charge in [0.1, 0.15) is 11.3 Å². The van der Waals surface area contributed by atoms with Gasteiger partial charge in [0.2, 0.25) is 0 Å². The van der Waals surface area contributed by atoms with Gasteiger partial charge in [0.15, 0.2) is 6.23 Å². The first-order valence-corrected chi connectivity index (χ1v) is 8.66. The van der Waals surface area contributed by atoms with Gasteiger partial charge in [0.05, 0.1) is 17.7 Å². The van der Waals surface area contributed by atoms with E-state index in [1.165, 1.54) is 0 Å². The number of carbonyl (C=O) groups is 1. The van der Waals surface area contributed by atoms with Gasteiger partial charge in [0, 0.05) is 11.0 Å². The third-order valence-electron chi connectivity index (χ3n) is 4.48. The molecule has 0 amide bonds.